The van der Waals surface area contributed by atoms with Crippen LogP contribution in [0.25, 0.3) is 0 Å². The van der Waals surface area contributed by atoms with Crippen LogP contribution >= 0.6 is 69.6 Å². The average molecular weight is 1580 g/mol. The average Bonchev–Trinajstić information content (AvgIpc) is 3.27. The molecular weight excluding hydrogens is 1470 g/mol. The van der Waals surface area contributed by atoms with Crippen LogP contribution in [0.4, 0.5) is 0 Å². The maximum Gasteiger partial charge on any atom is 1.00 e. The molecule has 78 heavy (non-hydrogen) atoms. The first-order valence-electron chi connectivity index (χ1n) is 22.1. The van der Waals surface area contributed by atoms with Gasteiger partial charge < -0.3 is 103 Å². The van der Waals surface area contributed by atoms with Gasteiger partial charge in [-0.1, -0.05) is 55.4 Å². The van der Waals surface area contributed by atoms with Crippen molar-refractivity contribution in [3.05, 3.63) is 0 Å². The van der Waals surface area contributed by atoms with Crippen molar-refractivity contribution in [2.45, 2.75) is 142 Å². The van der Waals surface area contributed by atoms with Crippen LogP contribution in [0.15, 0.2) is 0 Å². The maximum atomic E-state index is 9.57. The summed E-state index contributed by atoms with van der Waals surface area (Å²) in [5.41, 5.74) is 0. The van der Waals surface area contributed by atoms with Gasteiger partial charge >= 0.3 is 92.2 Å². The Kier molecular flexibility index (Phi) is 196. The number of hydrogen-bond donors (Lipinski definition) is 12. The van der Waals surface area contributed by atoms with Crippen molar-refractivity contribution in [3.8, 4) is 0 Å². The van der Waals surface area contributed by atoms with Crippen molar-refractivity contribution in [2.24, 2.45) is 0 Å². The van der Waals surface area contributed by atoms with E-state index >= 15 is 0 Å². The third-order valence-electron chi connectivity index (χ3n) is 7.43. The molecule has 0 aliphatic rings. The van der Waals surface area contributed by atoms with E-state index in [1.165, 1.54) is 41.5 Å². The molecule has 0 bridgehead atoms. The summed E-state index contributed by atoms with van der Waals surface area (Å²) in [5.74, 6) is -3.90. The molecule has 24 nitrogen and oxygen atoms in total. The van der Waals surface area contributed by atoms with Crippen molar-refractivity contribution >= 4 is 93.5 Å². The minimum atomic E-state index is -1.38. The molecule has 0 aromatic rings. The molecule has 2 radical (unpaired) electrons. The van der Waals surface area contributed by atoms with Crippen LogP contribution in [0.1, 0.15) is 96.9 Å². The first-order valence-corrected chi connectivity index (χ1v) is 24.7. The van der Waals surface area contributed by atoms with Gasteiger partial charge in [-0.15, -0.1) is 69.6 Å². The number of alkyl halides is 6. The molecule has 0 saturated heterocycles. The number of halogens is 6. The normalized spacial score (nSPS) is 10.9. The van der Waals surface area contributed by atoms with E-state index in [4.69, 9.17) is 131 Å². The van der Waals surface area contributed by atoms with Gasteiger partial charge in [-0.2, -0.15) is 0 Å². The van der Waals surface area contributed by atoms with Gasteiger partial charge in [0, 0.05) is 60.3 Å². The maximum absolute atomic E-state index is 9.57. The summed E-state index contributed by atoms with van der Waals surface area (Å²) in [6, 6.07) is 0. The molecule has 0 aromatic heterocycles. The molecule has 0 rings (SSSR count). The molecule has 514 valence electrons. The predicted octanol–water partition coefficient (Wildman–Crippen LogP) is 0.416. The van der Waals surface area contributed by atoms with Crippen LogP contribution < -0.4 is 0 Å². The van der Waals surface area contributed by atoms with E-state index in [0.29, 0.717) is 0 Å². The third kappa shape index (κ3) is 159. The molecule has 0 aliphatic heterocycles. The number of carboxylic acids is 4. The molecule has 6 atom stereocenters. The number of aliphatic hydroxyl groups is 8. The molecule has 36 heteroatoms. The zero-order chi connectivity index (χ0) is 56.6. The first-order chi connectivity index (χ1) is 31.2. The Bertz CT molecular complexity index is 888. The minimum Gasteiger partial charge on any atom is -0.480 e. The van der Waals surface area contributed by atoms with Gasteiger partial charge in [-0.25, -0.2) is 0 Å². The molecule has 0 amide bonds. The summed E-state index contributed by atoms with van der Waals surface area (Å²) >= 11 is 30.3. The van der Waals surface area contributed by atoms with Gasteiger partial charge in [0.25, 0.3) is 0 Å². The molecule has 6 unspecified atom stereocenters. The molecule has 0 saturated carbocycles. The molecule has 0 spiro atoms. The van der Waals surface area contributed by atoms with Crippen molar-refractivity contribution in [1.82, 2.24) is 19.6 Å². The largest absolute Gasteiger partial charge is 1.00 e. The van der Waals surface area contributed by atoms with E-state index in [2.05, 4.69) is 75.0 Å². The van der Waals surface area contributed by atoms with Crippen LogP contribution in [-0.2, 0) is 133 Å². The van der Waals surface area contributed by atoms with Gasteiger partial charge in [-0.3, -0.25) is 19.2 Å². The summed E-state index contributed by atoms with van der Waals surface area (Å²) < 4.78 is 0. The smallest absolute Gasteiger partial charge is 0.480 e. The Hall–Kier alpha value is 2.10. The number of rotatable bonds is 22. The summed E-state index contributed by atoms with van der Waals surface area (Å²) in [7, 11) is 0. The molecule has 0 heterocycles. The topological polar surface area (TPSA) is 453 Å². The Morgan fingerprint density at radius 2 is 0.423 bits per heavy atom. The van der Waals surface area contributed by atoms with E-state index in [1.807, 2.05) is 0 Å². The van der Waals surface area contributed by atoms with Crippen molar-refractivity contribution < 1.29 is 205 Å². The molecule has 0 aliphatic carbocycles. The summed E-state index contributed by atoms with van der Waals surface area (Å²) in [5, 5.41) is 93.3. The summed E-state index contributed by atoms with van der Waals surface area (Å²) in [6.45, 7) is 38.1. The monoisotopic (exact) mass is 1570 g/mol. The zero-order valence-electron chi connectivity index (χ0n) is 47.0. The zero-order valence-corrected chi connectivity index (χ0v) is 57.1. The van der Waals surface area contributed by atoms with Gasteiger partial charge in [0.1, 0.15) is 21.5 Å². The Balaban J connectivity index is -0.0000000263. The molecule has 22 N–H and O–H groups in total. The van der Waals surface area contributed by atoms with E-state index in [9.17, 15) is 19.2 Å². The number of carboxylic acid groups (broad SMARTS) is 4. The van der Waals surface area contributed by atoms with E-state index in [1.54, 1.807) is 0 Å². The van der Waals surface area contributed by atoms with Gasteiger partial charge in [0.15, 0.2) is 12.6 Å². The first kappa shape index (κ1) is 139. The summed E-state index contributed by atoms with van der Waals surface area (Å²) in [4.78, 5) is 47.0. The molecular formula is C42H104Cl6Cu6N4O20+6. The fourth-order valence-corrected chi connectivity index (χ4v) is 2.73. The fourth-order valence-electron chi connectivity index (χ4n) is 2.73. The van der Waals surface area contributed by atoms with Gasteiger partial charge in [0.05, 0.1) is 37.2 Å². The SMILES string of the molecule is CC(Cl)C(=O)O.CC(Cl)C(=O)O.CC(Cl)C(=O)O.CC(Cl)C(=O)O.CC(Cl)C(O)O.CC(Cl)C(O)O.CCN(CC)CCO.CCN(CC)CCO.CCN(CC)CCO.CCN(CC)CCO.O.O.[Cu+].[Cu+].[Cu+].[Cu+].[Cu].[Cu].[OH3+].[OH3+]. The predicted molar refractivity (Wildman–Crippen MR) is 295 cm³/mol. The number of likely N-dealkylation sites (N-methyl/N-ethyl adjacent to an activating group) is 4. The van der Waals surface area contributed by atoms with Crippen LogP contribution in [-0.4, -0.2) is 266 Å². The van der Waals surface area contributed by atoms with Crippen molar-refractivity contribution in [1.29, 1.82) is 0 Å². The van der Waals surface area contributed by atoms with E-state index in [-0.39, 0.29) is 151 Å². The second-order valence-electron chi connectivity index (χ2n) is 13.0. The quantitative estimate of drug-likeness (QED) is 0.0302. The van der Waals surface area contributed by atoms with Crippen LogP contribution in [0, 0.1) is 0 Å². The Labute approximate surface area is 559 Å². The Morgan fingerprint density at radius 3 is 0.436 bits per heavy atom. The van der Waals surface area contributed by atoms with Crippen LogP contribution in [0.5, 0.6) is 0 Å². The third-order valence-corrected chi connectivity index (χ3v) is 8.62. The van der Waals surface area contributed by atoms with E-state index < -0.39 is 68.7 Å². The standard InChI is InChI=1S/4C6H15NO.2C3H7ClO2.4C3H5ClO2.6Cu.4H2O/c4*1-3-7(4-2)5-6-8;6*1-2(4)3(5)6;;;;;;;;;;/h4*8H,3-6H2,1-2H3;2*2-3,5-6H,1H3;4*2H,1H3,(H,5,6);;;;;;;4*1H2/q;;;;;;;;;;;;4*+1;;;;/p+2. The minimum absolute atomic E-state index is 0. The van der Waals surface area contributed by atoms with Gasteiger partial charge in [0.2, 0.25) is 0 Å². The number of carbonyl (C=O) groups is 4. The number of hydrogen-bond acceptors (Lipinski definition) is 16. The number of nitrogens with zero attached hydrogens (tertiary/aromatic N) is 4. The molecule has 0 aromatic carbocycles. The van der Waals surface area contributed by atoms with Crippen LogP contribution in [0.3, 0.4) is 0 Å². The second-order valence-corrected chi connectivity index (χ2v) is 17.0. The van der Waals surface area contributed by atoms with E-state index in [0.717, 1.165) is 78.5 Å². The van der Waals surface area contributed by atoms with Crippen LogP contribution in [0.2, 0.25) is 0 Å². The van der Waals surface area contributed by atoms with Crippen molar-refractivity contribution in [3.63, 3.8) is 0 Å². The van der Waals surface area contributed by atoms with Crippen molar-refractivity contribution in [2.75, 3.05) is 105 Å². The Morgan fingerprint density at radius 1 is 0.346 bits per heavy atom. The molecule has 0 fully saturated rings. The second kappa shape index (κ2) is 110. The summed E-state index contributed by atoms with van der Waals surface area (Å²) in [6.07, 6.45) is -2.77. The fraction of sp³-hybridized carbons (Fsp3) is 0.905. The number of aliphatic carboxylic acids is 4. The van der Waals surface area contributed by atoms with Gasteiger partial charge in [-0.05, 0) is 93.9 Å². The number of aliphatic hydroxyl groups excluding tert-OH is 6.